The van der Waals surface area contributed by atoms with E-state index in [1.807, 2.05) is 6.07 Å². The minimum absolute atomic E-state index is 0.0172. The van der Waals surface area contributed by atoms with Crippen LogP contribution in [0.3, 0.4) is 0 Å². The Kier molecular flexibility index (Phi) is 6.45. The first-order valence-electron chi connectivity index (χ1n) is 9.49. The molecule has 0 aliphatic carbocycles. The lowest BCUT2D eigenvalue weighted by Crippen LogP contribution is -2.59. The number of rotatable bonds is 7. The normalized spacial score (nSPS) is 20.7. The number of hydrogen-bond donors (Lipinski definition) is 1. The molecule has 7 heteroatoms. The van der Waals surface area contributed by atoms with Gasteiger partial charge in [0.15, 0.2) is 5.75 Å². The van der Waals surface area contributed by atoms with Crippen molar-refractivity contribution in [2.24, 2.45) is 0 Å². The van der Waals surface area contributed by atoms with Crippen molar-refractivity contribution in [3.8, 4) is 5.75 Å². The van der Waals surface area contributed by atoms with E-state index in [-0.39, 0.29) is 11.2 Å². The molecule has 1 aromatic carbocycles. The second-order valence-electron chi connectivity index (χ2n) is 7.25. The second kappa shape index (κ2) is 8.79. The van der Waals surface area contributed by atoms with E-state index in [2.05, 4.69) is 10.2 Å². The summed E-state index contributed by atoms with van der Waals surface area (Å²) < 4.78 is 10.7. The summed E-state index contributed by atoms with van der Waals surface area (Å²) in [6.07, 6.45) is 5.96. The zero-order valence-corrected chi connectivity index (χ0v) is 15.5. The minimum Gasteiger partial charge on any atom is -0.490 e. The van der Waals surface area contributed by atoms with Crippen LogP contribution in [0.15, 0.2) is 18.2 Å². The molecular formula is C19H29N3O4. The number of piperidine rings is 1. The topological polar surface area (TPSA) is 76.9 Å². The van der Waals surface area contributed by atoms with Gasteiger partial charge in [-0.15, -0.1) is 0 Å². The van der Waals surface area contributed by atoms with Crippen LogP contribution in [0.4, 0.5) is 5.69 Å². The summed E-state index contributed by atoms with van der Waals surface area (Å²) in [5, 5.41) is 14.7. The molecule has 0 aromatic heterocycles. The van der Waals surface area contributed by atoms with Crippen LogP contribution < -0.4 is 10.1 Å². The van der Waals surface area contributed by atoms with Gasteiger partial charge in [0.2, 0.25) is 0 Å². The van der Waals surface area contributed by atoms with Gasteiger partial charge >= 0.3 is 5.69 Å². The molecule has 2 heterocycles. The Morgan fingerprint density at radius 1 is 1.27 bits per heavy atom. The molecule has 0 unspecified atom stereocenters. The van der Waals surface area contributed by atoms with E-state index in [1.54, 1.807) is 12.1 Å². The van der Waals surface area contributed by atoms with Crippen LogP contribution in [0.25, 0.3) is 0 Å². The van der Waals surface area contributed by atoms with Gasteiger partial charge in [-0.05, 0) is 50.4 Å². The van der Waals surface area contributed by atoms with Crippen molar-refractivity contribution in [3.05, 3.63) is 33.9 Å². The standard InChI is InChI=1S/C19H29N3O4/c1-25-18-6-5-16(13-17(18)22(23)24)14-20-15-19(7-11-26-12-8-19)21-9-3-2-4-10-21/h5-6,13,20H,2-4,7-12,14-15H2,1H3. The number of nitro benzene ring substituents is 1. The molecule has 2 aliphatic heterocycles. The van der Waals surface area contributed by atoms with Gasteiger partial charge in [-0.3, -0.25) is 15.0 Å². The van der Waals surface area contributed by atoms with Gasteiger partial charge in [0.25, 0.3) is 0 Å². The highest BCUT2D eigenvalue weighted by Gasteiger charge is 2.38. The lowest BCUT2D eigenvalue weighted by Gasteiger charge is -2.48. The van der Waals surface area contributed by atoms with Crippen LogP contribution in [0, 0.1) is 10.1 Å². The lowest BCUT2D eigenvalue weighted by atomic mass is 9.86. The van der Waals surface area contributed by atoms with Crippen molar-refractivity contribution in [2.45, 2.75) is 44.2 Å². The number of methoxy groups -OCH3 is 1. The third-order valence-electron chi connectivity index (χ3n) is 5.67. The predicted molar refractivity (Wildman–Crippen MR) is 99.6 cm³/mol. The number of nitro groups is 1. The van der Waals surface area contributed by atoms with Crippen LogP contribution >= 0.6 is 0 Å². The molecule has 3 rings (SSSR count). The van der Waals surface area contributed by atoms with Crippen LogP contribution in [0.5, 0.6) is 5.75 Å². The molecule has 1 aromatic rings. The average molecular weight is 363 g/mol. The zero-order chi connectivity index (χ0) is 18.4. The van der Waals surface area contributed by atoms with Crippen molar-refractivity contribution < 1.29 is 14.4 Å². The quantitative estimate of drug-likeness (QED) is 0.593. The number of likely N-dealkylation sites (tertiary alicyclic amines) is 1. The highest BCUT2D eigenvalue weighted by atomic mass is 16.6. The maximum absolute atomic E-state index is 11.2. The first kappa shape index (κ1) is 19.1. The maximum atomic E-state index is 11.2. The molecule has 144 valence electrons. The zero-order valence-electron chi connectivity index (χ0n) is 15.5. The van der Waals surface area contributed by atoms with Gasteiger partial charge in [0.05, 0.1) is 12.0 Å². The molecule has 0 radical (unpaired) electrons. The summed E-state index contributed by atoms with van der Waals surface area (Å²) in [5.74, 6) is 0.299. The molecule has 0 atom stereocenters. The summed E-state index contributed by atoms with van der Waals surface area (Å²) in [5.41, 5.74) is 1.07. The van der Waals surface area contributed by atoms with E-state index >= 15 is 0 Å². The van der Waals surface area contributed by atoms with Crippen molar-refractivity contribution in [2.75, 3.05) is 40.0 Å². The van der Waals surface area contributed by atoms with Crippen molar-refractivity contribution in [1.82, 2.24) is 10.2 Å². The summed E-state index contributed by atoms with van der Waals surface area (Å²) in [6.45, 7) is 5.45. The van der Waals surface area contributed by atoms with E-state index in [0.717, 1.165) is 51.3 Å². The Bertz CT molecular complexity index is 611. The largest absolute Gasteiger partial charge is 0.490 e. The summed E-state index contributed by atoms with van der Waals surface area (Å²) in [6, 6.07) is 5.16. The van der Waals surface area contributed by atoms with E-state index in [4.69, 9.17) is 9.47 Å². The lowest BCUT2D eigenvalue weighted by molar-refractivity contribution is -0.385. The fourth-order valence-corrected chi connectivity index (χ4v) is 4.15. The first-order valence-corrected chi connectivity index (χ1v) is 9.49. The fourth-order valence-electron chi connectivity index (χ4n) is 4.15. The Morgan fingerprint density at radius 3 is 2.65 bits per heavy atom. The molecule has 7 nitrogen and oxygen atoms in total. The van der Waals surface area contributed by atoms with Crippen LogP contribution in [0.1, 0.15) is 37.7 Å². The highest BCUT2D eigenvalue weighted by molar-refractivity contribution is 5.48. The maximum Gasteiger partial charge on any atom is 0.311 e. The van der Waals surface area contributed by atoms with Gasteiger partial charge in [-0.1, -0.05) is 12.5 Å². The molecule has 2 fully saturated rings. The molecule has 0 amide bonds. The third-order valence-corrected chi connectivity index (χ3v) is 5.67. The van der Waals surface area contributed by atoms with Crippen LogP contribution in [-0.4, -0.2) is 55.3 Å². The average Bonchev–Trinajstić information content (AvgIpc) is 2.69. The number of hydrogen-bond acceptors (Lipinski definition) is 6. The smallest absolute Gasteiger partial charge is 0.311 e. The first-order chi connectivity index (χ1) is 12.6. The van der Waals surface area contributed by atoms with Gasteiger partial charge in [-0.2, -0.15) is 0 Å². The molecule has 2 saturated heterocycles. The summed E-state index contributed by atoms with van der Waals surface area (Å²) in [4.78, 5) is 13.4. The monoisotopic (exact) mass is 363 g/mol. The molecule has 1 N–H and O–H groups in total. The van der Waals surface area contributed by atoms with Crippen molar-refractivity contribution >= 4 is 5.69 Å². The Labute approximate surface area is 154 Å². The molecule has 26 heavy (non-hydrogen) atoms. The molecule has 2 aliphatic rings. The Balaban J connectivity index is 1.64. The molecule has 0 bridgehead atoms. The molecular weight excluding hydrogens is 334 g/mol. The Morgan fingerprint density at radius 2 is 2.00 bits per heavy atom. The van der Waals surface area contributed by atoms with Crippen molar-refractivity contribution in [3.63, 3.8) is 0 Å². The molecule has 0 spiro atoms. The van der Waals surface area contributed by atoms with E-state index in [9.17, 15) is 10.1 Å². The predicted octanol–water partition coefficient (Wildman–Crippen LogP) is 2.73. The minimum atomic E-state index is -0.393. The SMILES string of the molecule is COc1ccc(CNCC2(N3CCCCC3)CCOCC2)cc1[N+](=O)[O-]. The van der Waals surface area contributed by atoms with Gasteiger partial charge in [0, 0.05) is 37.9 Å². The van der Waals surface area contributed by atoms with Crippen LogP contribution in [0.2, 0.25) is 0 Å². The third kappa shape index (κ3) is 4.34. The second-order valence-corrected chi connectivity index (χ2v) is 7.25. The van der Waals surface area contributed by atoms with E-state index < -0.39 is 4.92 Å². The number of nitrogens with zero attached hydrogens (tertiary/aromatic N) is 2. The van der Waals surface area contributed by atoms with Gasteiger partial charge in [0.1, 0.15) is 0 Å². The Hall–Kier alpha value is -1.70. The number of nitrogens with one attached hydrogen (secondary N) is 1. The van der Waals surface area contributed by atoms with Gasteiger partial charge < -0.3 is 14.8 Å². The van der Waals surface area contributed by atoms with Crippen LogP contribution in [-0.2, 0) is 11.3 Å². The number of benzene rings is 1. The fraction of sp³-hybridized carbons (Fsp3) is 0.684. The summed E-state index contributed by atoms with van der Waals surface area (Å²) in [7, 11) is 1.45. The van der Waals surface area contributed by atoms with E-state index in [0.29, 0.717) is 12.3 Å². The van der Waals surface area contributed by atoms with E-state index in [1.165, 1.54) is 26.4 Å². The summed E-state index contributed by atoms with van der Waals surface area (Å²) >= 11 is 0. The number of ether oxygens (including phenoxy) is 2. The van der Waals surface area contributed by atoms with Crippen molar-refractivity contribution in [1.29, 1.82) is 0 Å². The van der Waals surface area contributed by atoms with Gasteiger partial charge in [-0.25, -0.2) is 0 Å². The molecule has 0 saturated carbocycles. The highest BCUT2D eigenvalue weighted by Crippen LogP contribution is 2.31.